The molecule has 2 N–H and O–H groups in total. The minimum Gasteiger partial charge on any atom is -0.484 e. The van der Waals surface area contributed by atoms with Gasteiger partial charge in [0.25, 0.3) is 5.91 Å². The molecule has 0 aliphatic heterocycles. The molecule has 0 fully saturated rings. The van der Waals surface area contributed by atoms with Crippen LogP contribution in [-0.2, 0) is 9.59 Å². The summed E-state index contributed by atoms with van der Waals surface area (Å²) >= 11 is 1.04. The zero-order chi connectivity index (χ0) is 24.0. The van der Waals surface area contributed by atoms with Crippen LogP contribution in [0.4, 0.5) is 28.9 Å². The van der Waals surface area contributed by atoms with Crippen LogP contribution in [0.2, 0.25) is 0 Å². The van der Waals surface area contributed by atoms with Gasteiger partial charge in [0, 0.05) is 16.6 Å². The van der Waals surface area contributed by atoms with Gasteiger partial charge in [-0.25, -0.2) is 17.6 Å². The van der Waals surface area contributed by atoms with E-state index < -0.39 is 40.1 Å². The second-order valence-electron chi connectivity index (χ2n) is 6.77. The predicted octanol–water partition coefficient (Wildman–Crippen LogP) is 5.38. The van der Waals surface area contributed by atoms with Crippen LogP contribution in [0.25, 0.3) is 0 Å². The third-order valence-corrected chi connectivity index (χ3v) is 5.41. The Labute approximate surface area is 191 Å². The van der Waals surface area contributed by atoms with Crippen molar-refractivity contribution in [3.63, 3.8) is 0 Å². The summed E-state index contributed by atoms with van der Waals surface area (Å²) in [7, 11) is 0. The van der Waals surface area contributed by atoms with Crippen LogP contribution >= 0.6 is 11.8 Å². The Morgan fingerprint density at radius 3 is 2.12 bits per heavy atom. The SMILES string of the molecule is CC(Sc1ccc(NC(=O)COc2ccccc2)cc1)C(=O)Nc1c(F)c(F)cc(F)c1F. The lowest BCUT2D eigenvalue weighted by Gasteiger charge is -2.14. The minimum atomic E-state index is -1.68. The fourth-order valence-electron chi connectivity index (χ4n) is 2.64. The molecule has 3 rings (SSSR count). The molecule has 1 atom stereocenters. The van der Waals surface area contributed by atoms with E-state index in [1.54, 1.807) is 48.5 Å². The largest absolute Gasteiger partial charge is 0.484 e. The lowest BCUT2D eigenvalue weighted by molar-refractivity contribution is -0.118. The van der Waals surface area contributed by atoms with Crippen molar-refractivity contribution in [3.8, 4) is 5.75 Å². The van der Waals surface area contributed by atoms with Gasteiger partial charge in [-0.05, 0) is 43.3 Å². The van der Waals surface area contributed by atoms with E-state index in [-0.39, 0.29) is 18.6 Å². The van der Waals surface area contributed by atoms with Gasteiger partial charge in [0.2, 0.25) is 5.91 Å². The number of carbonyl (C=O) groups excluding carboxylic acids is 2. The Bertz CT molecular complexity index is 1120. The Morgan fingerprint density at radius 1 is 0.909 bits per heavy atom. The summed E-state index contributed by atoms with van der Waals surface area (Å²) in [6.07, 6.45) is 0. The Morgan fingerprint density at radius 2 is 1.52 bits per heavy atom. The summed E-state index contributed by atoms with van der Waals surface area (Å²) < 4.78 is 59.5. The molecule has 172 valence electrons. The summed E-state index contributed by atoms with van der Waals surface area (Å²) in [6, 6.07) is 15.4. The van der Waals surface area contributed by atoms with Crippen LogP contribution in [0.15, 0.2) is 65.6 Å². The van der Waals surface area contributed by atoms with Crippen LogP contribution in [0, 0.1) is 23.3 Å². The van der Waals surface area contributed by atoms with Gasteiger partial charge in [-0.2, -0.15) is 0 Å². The first-order valence-electron chi connectivity index (χ1n) is 9.63. The Hall–Kier alpha value is -3.53. The highest BCUT2D eigenvalue weighted by atomic mass is 32.2. The molecule has 33 heavy (non-hydrogen) atoms. The molecule has 0 aliphatic rings. The van der Waals surface area contributed by atoms with E-state index in [9.17, 15) is 27.2 Å². The summed E-state index contributed by atoms with van der Waals surface area (Å²) in [5.41, 5.74) is -0.682. The molecular formula is C23H18F4N2O3S. The number of thioether (sulfide) groups is 1. The first kappa shape index (κ1) is 24.1. The van der Waals surface area contributed by atoms with E-state index in [2.05, 4.69) is 5.32 Å². The molecule has 0 heterocycles. The average Bonchev–Trinajstić information content (AvgIpc) is 2.81. The molecule has 10 heteroatoms. The van der Waals surface area contributed by atoms with Gasteiger partial charge in [0.15, 0.2) is 29.9 Å². The third kappa shape index (κ3) is 6.48. The van der Waals surface area contributed by atoms with Gasteiger partial charge in [0.05, 0.1) is 5.25 Å². The standard InChI is InChI=1S/C23H18F4N2O3S/c1-13(23(31)29-22-20(26)17(24)11-18(25)21(22)27)33-16-9-7-14(8-10-16)28-19(30)12-32-15-5-3-2-4-6-15/h2-11,13H,12H2,1H3,(H,28,30)(H,29,31). The molecule has 3 aromatic carbocycles. The van der Waals surface area contributed by atoms with E-state index >= 15 is 0 Å². The molecule has 2 amide bonds. The van der Waals surface area contributed by atoms with E-state index in [1.165, 1.54) is 6.92 Å². The van der Waals surface area contributed by atoms with Crippen LogP contribution in [-0.4, -0.2) is 23.7 Å². The Kier molecular flexibility index (Phi) is 7.94. The lowest BCUT2D eigenvalue weighted by atomic mass is 10.2. The van der Waals surface area contributed by atoms with Crippen molar-refractivity contribution in [2.24, 2.45) is 0 Å². The fourth-order valence-corrected chi connectivity index (χ4v) is 3.51. The highest BCUT2D eigenvalue weighted by Crippen LogP contribution is 2.28. The molecular weight excluding hydrogens is 460 g/mol. The van der Waals surface area contributed by atoms with E-state index in [1.807, 2.05) is 11.4 Å². The summed E-state index contributed by atoms with van der Waals surface area (Å²) in [6.45, 7) is 1.29. The van der Waals surface area contributed by atoms with Crippen molar-refractivity contribution >= 4 is 35.0 Å². The van der Waals surface area contributed by atoms with Gasteiger partial charge < -0.3 is 15.4 Å². The number of ether oxygens (including phenoxy) is 1. The summed E-state index contributed by atoms with van der Waals surface area (Å²) in [5.74, 6) is -7.25. The minimum absolute atomic E-state index is 0.0621. The molecule has 0 aliphatic carbocycles. The topological polar surface area (TPSA) is 67.4 Å². The molecule has 0 aromatic heterocycles. The maximum atomic E-state index is 13.7. The second-order valence-corrected chi connectivity index (χ2v) is 8.18. The van der Waals surface area contributed by atoms with Gasteiger partial charge >= 0.3 is 0 Å². The number of benzene rings is 3. The first-order valence-corrected chi connectivity index (χ1v) is 10.5. The number of carbonyl (C=O) groups is 2. The molecule has 5 nitrogen and oxygen atoms in total. The van der Waals surface area contributed by atoms with Crippen molar-refractivity contribution in [2.45, 2.75) is 17.1 Å². The predicted molar refractivity (Wildman–Crippen MR) is 117 cm³/mol. The highest BCUT2D eigenvalue weighted by Gasteiger charge is 2.23. The number of halogens is 4. The zero-order valence-electron chi connectivity index (χ0n) is 17.2. The molecule has 3 aromatic rings. The summed E-state index contributed by atoms with van der Waals surface area (Å²) in [5, 5.41) is 3.70. The molecule has 0 spiro atoms. The number of amides is 2. The third-order valence-electron chi connectivity index (χ3n) is 4.29. The molecule has 0 radical (unpaired) electrons. The Balaban J connectivity index is 1.54. The van der Waals surface area contributed by atoms with Gasteiger partial charge in [-0.1, -0.05) is 18.2 Å². The molecule has 0 saturated carbocycles. The number of hydrogen-bond donors (Lipinski definition) is 2. The van der Waals surface area contributed by atoms with E-state index in [0.29, 0.717) is 16.3 Å². The molecule has 1 unspecified atom stereocenters. The molecule has 0 saturated heterocycles. The van der Waals surface area contributed by atoms with Crippen molar-refractivity contribution in [3.05, 3.63) is 83.9 Å². The van der Waals surface area contributed by atoms with Crippen LogP contribution in [0.1, 0.15) is 6.92 Å². The number of rotatable bonds is 8. The van der Waals surface area contributed by atoms with E-state index in [0.717, 1.165) is 11.8 Å². The smallest absolute Gasteiger partial charge is 0.262 e. The van der Waals surface area contributed by atoms with Gasteiger partial charge in [0.1, 0.15) is 11.4 Å². The number of anilines is 2. The van der Waals surface area contributed by atoms with Crippen molar-refractivity contribution < 1.29 is 31.9 Å². The maximum absolute atomic E-state index is 13.7. The van der Waals surface area contributed by atoms with E-state index in [4.69, 9.17) is 4.74 Å². The second kappa shape index (κ2) is 10.9. The number of nitrogens with one attached hydrogen (secondary N) is 2. The maximum Gasteiger partial charge on any atom is 0.262 e. The fraction of sp³-hybridized carbons (Fsp3) is 0.130. The van der Waals surface area contributed by atoms with Crippen molar-refractivity contribution in [2.75, 3.05) is 17.2 Å². The highest BCUT2D eigenvalue weighted by molar-refractivity contribution is 8.00. The lowest BCUT2D eigenvalue weighted by Crippen LogP contribution is -2.24. The average molecular weight is 478 g/mol. The summed E-state index contributed by atoms with van der Waals surface area (Å²) in [4.78, 5) is 24.9. The zero-order valence-corrected chi connectivity index (χ0v) is 18.0. The normalized spacial score (nSPS) is 11.5. The van der Waals surface area contributed by atoms with Crippen LogP contribution < -0.4 is 15.4 Å². The quantitative estimate of drug-likeness (QED) is 0.259. The monoisotopic (exact) mass is 478 g/mol. The van der Waals surface area contributed by atoms with Crippen LogP contribution in [0.3, 0.4) is 0 Å². The molecule has 0 bridgehead atoms. The number of hydrogen-bond acceptors (Lipinski definition) is 4. The van der Waals surface area contributed by atoms with Crippen molar-refractivity contribution in [1.82, 2.24) is 0 Å². The first-order chi connectivity index (χ1) is 15.7. The number of para-hydroxylation sites is 1. The van der Waals surface area contributed by atoms with Crippen molar-refractivity contribution in [1.29, 1.82) is 0 Å². The van der Waals surface area contributed by atoms with Crippen LogP contribution in [0.5, 0.6) is 5.75 Å². The van der Waals surface area contributed by atoms with Gasteiger partial charge in [-0.3, -0.25) is 9.59 Å². The van der Waals surface area contributed by atoms with Gasteiger partial charge in [-0.15, -0.1) is 11.8 Å².